The molecule has 0 fully saturated rings. The van der Waals surface area contributed by atoms with Crippen LogP contribution in [0.15, 0.2) is 41.3 Å². The van der Waals surface area contributed by atoms with Crippen molar-refractivity contribution in [1.29, 1.82) is 0 Å². The summed E-state index contributed by atoms with van der Waals surface area (Å²) in [5.41, 5.74) is 0. The van der Waals surface area contributed by atoms with Crippen molar-refractivity contribution in [3.05, 3.63) is 36.4 Å². The molecule has 0 unspecified atom stereocenters. The minimum absolute atomic E-state index is 0.233. The monoisotopic (exact) mass is 606 g/mol. The highest BCUT2D eigenvalue weighted by Gasteiger charge is 2.09. The standard InChI is InChI=1S/C36H62O5S/c1-2-3-4-5-6-7-8-9-10-11-12-13-14-15-16-17-18-19-20-21-22-23-24-25-26-27-28-29-36(37)41-34-30-32-35(33-31-34)42(38,39)40/h28-33H,2-27H2,1H3,(H,38,39,40). The van der Waals surface area contributed by atoms with Gasteiger partial charge in [0.15, 0.2) is 0 Å². The van der Waals surface area contributed by atoms with Gasteiger partial charge in [0.05, 0.1) is 4.90 Å². The van der Waals surface area contributed by atoms with Crippen LogP contribution in [0.2, 0.25) is 0 Å². The highest BCUT2D eigenvalue weighted by atomic mass is 32.2. The summed E-state index contributed by atoms with van der Waals surface area (Å²) in [6, 6.07) is 5.08. The van der Waals surface area contributed by atoms with Crippen LogP contribution >= 0.6 is 0 Å². The van der Waals surface area contributed by atoms with Gasteiger partial charge in [0.25, 0.3) is 10.1 Å². The molecule has 0 amide bonds. The zero-order chi connectivity index (χ0) is 30.6. The number of carbonyl (C=O) groups excluding carboxylic acids is 1. The second-order valence-corrected chi connectivity index (χ2v) is 13.5. The molecular weight excluding hydrogens is 544 g/mol. The van der Waals surface area contributed by atoms with Gasteiger partial charge in [0, 0.05) is 6.08 Å². The maximum absolute atomic E-state index is 11.9. The van der Waals surface area contributed by atoms with E-state index in [-0.39, 0.29) is 10.6 Å². The van der Waals surface area contributed by atoms with Crippen molar-refractivity contribution in [3.8, 4) is 5.75 Å². The minimum Gasteiger partial charge on any atom is -0.423 e. The molecule has 0 aliphatic heterocycles. The lowest BCUT2D eigenvalue weighted by Gasteiger charge is -2.04. The van der Waals surface area contributed by atoms with Crippen LogP contribution in [0.25, 0.3) is 0 Å². The molecule has 6 heteroatoms. The van der Waals surface area contributed by atoms with Gasteiger partial charge < -0.3 is 4.74 Å². The SMILES string of the molecule is CCCCCCCCCCCCCCCCCCCCCCCCCCCC=CC(=O)Oc1ccc(S(=O)(=O)O)cc1. The molecule has 0 bridgehead atoms. The van der Waals surface area contributed by atoms with E-state index in [1.165, 1.54) is 184 Å². The van der Waals surface area contributed by atoms with Crippen LogP contribution in [0.3, 0.4) is 0 Å². The Kier molecular flexibility index (Phi) is 24.6. The van der Waals surface area contributed by atoms with Gasteiger partial charge in [0.1, 0.15) is 5.75 Å². The summed E-state index contributed by atoms with van der Waals surface area (Å²) in [6.45, 7) is 2.29. The van der Waals surface area contributed by atoms with Crippen molar-refractivity contribution in [1.82, 2.24) is 0 Å². The third-order valence-electron chi connectivity index (χ3n) is 8.07. The van der Waals surface area contributed by atoms with Crippen molar-refractivity contribution in [2.75, 3.05) is 0 Å². The van der Waals surface area contributed by atoms with Crippen molar-refractivity contribution < 1.29 is 22.5 Å². The minimum atomic E-state index is -4.25. The lowest BCUT2D eigenvalue weighted by molar-refractivity contribution is -0.129. The largest absolute Gasteiger partial charge is 0.423 e. The number of benzene rings is 1. The number of carbonyl (C=O) groups is 1. The van der Waals surface area contributed by atoms with Gasteiger partial charge in [0.2, 0.25) is 0 Å². The first-order valence-corrected chi connectivity index (χ1v) is 18.8. The predicted octanol–water partition coefficient (Wildman–Crippen LogP) is 11.6. The highest BCUT2D eigenvalue weighted by molar-refractivity contribution is 7.85. The Bertz CT molecular complexity index is 892. The normalized spacial score (nSPS) is 11.9. The van der Waals surface area contributed by atoms with Gasteiger partial charge in [-0.05, 0) is 37.1 Å². The second-order valence-electron chi connectivity index (χ2n) is 12.0. The summed E-state index contributed by atoms with van der Waals surface area (Å²) in [4.78, 5) is 11.6. The predicted molar refractivity (Wildman–Crippen MR) is 177 cm³/mol. The maximum Gasteiger partial charge on any atom is 0.335 e. The maximum atomic E-state index is 11.9. The first-order chi connectivity index (χ1) is 20.4. The van der Waals surface area contributed by atoms with Crippen LogP contribution in [0.4, 0.5) is 0 Å². The van der Waals surface area contributed by atoms with Crippen LogP contribution in [-0.4, -0.2) is 18.9 Å². The summed E-state index contributed by atoms with van der Waals surface area (Å²) < 4.78 is 36.2. The fraction of sp³-hybridized carbons (Fsp3) is 0.750. The van der Waals surface area contributed by atoms with Crippen LogP contribution in [0.5, 0.6) is 5.75 Å². The van der Waals surface area contributed by atoms with E-state index in [1.807, 2.05) is 6.08 Å². The topological polar surface area (TPSA) is 80.7 Å². The van der Waals surface area contributed by atoms with Crippen molar-refractivity contribution in [2.45, 2.75) is 179 Å². The van der Waals surface area contributed by atoms with Crippen molar-refractivity contribution in [3.63, 3.8) is 0 Å². The van der Waals surface area contributed by atoms with E-state index < -0.39 is 16.1 Å². The molecule has 1 aromatic carbocycles. The third kappa shape index (κ3) is 23.9. The van der Waals surface area contributed by atoms with Crippen LogP contribution < -0.4 is 4.74 Å². The first-order valence-electron chi connectivity index (χ1n) is 17.4. The van der Waals surface area contributed by atoms with E-state index in [9.17, 15) is 13.2 Å². The number of allylic oxidation sites excluding steroid dienone is 1. The molecule has 1 N–H and O–H groups in total. The molecule has 5 nitrogen and oxygen atoms in total. The van der Waals surface area contributed by atoms with Crippen molar-refractivity contribution in [2.24, 2.45) is 0 Å². The summed E-state index contributed by atoms with van der Waals surface area (Å²) in [6.07, 6.45) is 38.7. The van der Waals surface area contributed by atoms with E-state index in [1.54, 1.807) is 0 Å². The molecule has 0 spiro atoms. The lowest BCUT2D eigenvalue weighted by Crippen LogP contribution is -2.04. The number of ether oxygens (including phenoxy) is 1. The summed E-state index contributed by atoms with van der Waals surface area (Å²) in [5.74, 6) is -0.253. The Balaban J connectivity index is 1.78. The molecule has 42 heavy (non-hydrogen) atoms. The molecule has 0 radical (unpaired) electrons. The molecule has 0 aliphatic carbocycles. The smallest absolute Gasteiger partial charge is 0.335 e. The second kappa shape index (κ2) is 26.9. The quantitative estimate of drug-likeness (QED) is 0.0322. The van der Waals surface area contributed by atoms with Crippen LogP contribution in [-0.2, 0) is 14.9 Å². The molecule has 0 aliphatic rings. The number of hydrogen-bond acceptors (Lipinski definition) is 4. The third-order valence-corrected chi connectivity index (χ3v) is 8.94. The lowest BCUT2D eigenvalue weighted by atomic mass is 10.0. The Morgan fingerprint density at radius 1 is 0.595 bits per heavy atom. The zero-order valence-electron chi connectivity index (χ0n) is 26.8. The number of esters is 1. The molecule has 0 saturated carbocycles. The van der Waals surface area contributed by atoms with E-state index in [0.29, 0.717) is 0 Å². The fourth-order valence-corrected chi connectivity index (χ4v) is 5.89. The number of unbranched alkanes of at least 4 members (excludes halogenated alkanes) is 25. The molecular formula is C36H62O5S. The molecule has 1 aromatic rings. The zero-order valence-corrected chi connectivity index (χ0v) is 27.7. The molecule has 0 saturated heterocycles. The van der Waals surface area contributed by atoms with Crippen LogP contribution in [0, 0.1) is 0 Å². The summed E-state index contributed by atoms with van der Waals surface area (Å²) in [7, 11) is -4.25. The summed E-state index contributed by atoms with van der Waals surface area (Å²) in [5, 5.41) is 0. The Morgan fingerprint density at radius 2 is 0.929 bits per heavy atom. The molecule has 1 rings (SSSR count). The molecule has 0 heterocycles. The van der Waals surface area contributed by atoms with Gasteiger partial charge in [-0.15, -0.1) is 0 Å². The van der Waals surface area contributed by atoms with E-state index in [2.05, 4.69) is 6.92 Å². The van der Waals surface area contributed by atoms with Gasteiger partial charge in [-0.25, -0.2) is 4.79 Å². The van der Waals surface area contributed by atoms with Gasteiger partial charge in [-0.3, -0.25) is 4.55 Å². The van der Waals surface area contributed by atoms with E-state index >= 15 is 0 Å². The Labute approximate surface area is 259 Å². The van der Waals surface area contributed by atoms with E-state index in [0.717, 1.165) is 12.8 Å². The number of hydrogen-bond donors (Lipinski definition) is 1. The molecule has 242 valence electrons. The number of rotatable bonds is 29. The Morgan fingerprint density at radius 3 is 1.26 bits per heavy atom. The first kappa shape index (κ1) is 38.4. The molecule has 0 atom stereocenters. The average molecular weight is 607 g/mol. The highest BCUT2D eigenvalue weighted by Crippen LogP contribution is 2.17. The molecule has 0 aromatic heterocycles. The van der Waals surface area contributed by atoms with Crippen LogP contribution in [0.1, 0.15) is 174 Å². The van der Waals surface area contributed by atoms with Crippen molar-refractivity contribution >= 4 is 16.1 Å². The van der Waals surface area contributed by atoms with Gasteiger partial charge >= 0.3 is 5.97 Å². The van der Waals surface area contributed by atoms with Gasteiger partial charge in [-0.2, -0.15) is 8.42 Å². The fourth-order valence-electron chi connectivity index (χ4n) is 5.41. The average Bonchev–Trinajstić information content (AvgIpc) is 2.96. The Hall–Kier alpha value is -1.66. The van der Waals surface area contributed by atoms with Gasteiger partial charge in [-0.1, -0.05) is 167 Å². The summed E-state index contributed by atoms with van der Waals surface area (Å²) >= 11 is 0. The van der Waals surface area contributed by atoms with E-state index in [4.69, 9.17) is 9.29 Å².